The average Bonchev–Trinajstić information content (AvgIpc) is 3.74. The Kier molecular flexibility index (Phi) is 15.4. The van der Waals surface area contributed by atoms with Gasteiger partial charge in [0, 0.05) is 25.0 Å². The molecule has 0 unspecified atom stereocenters. The van der Waals surface area contributed by atoms with Crippen LogP contribution in [0, 0.1) is 0 Å². The minimum Gasteiger partial charge on any atom is -0.508 e. The number of phenolic OH excluding ortho intramolecular Hbond substituents is 2. The lowest BCUT2D eigenvalue weighted by Gasteiger charge is -2.11. The molecule has 0 saturated heterocycles. The topological polar surface area (TPSA) is 152 Å². The standard InChI is InChI=1S/C40H44O8.C14H12O2/c1-28-37-26-33(47-39(43)29-10-14-31(15-11-29)45-24-8-4-2-6-22-41)18-20-35(37)36-21-19-34(27-38(28)36)48-40(44)30-12-16-32(17-13-30)46-25-9-5-3-7-23-42;1-8-13-6-9(15)2-4-11(13)12-5-3-10(16)7-14(8)12/h10-21,26-28,41-42H,2-9,22-25H2,1H3;2-8,15-16H,1H3. The van der Waals surface area contributed by atoms with Crippen LogP contribution in [0.2, 0.25) is 0 Å². The maximum Gasteiger partial charge on any atom is 0.343 e. The molecular weight excluding hydrogens is 809 g/mol. The van der Waals surface area contributed by atoms with E-state index >= 15 is 0 Å². The second-order valence-corrected chi connectivity index (χ2v) is 16.3. The van der Waals surface area contributed by atoms with E-state index in [4.69, 9.17) is 29.2 Å². The van der Waals surface area contributed by atoms with Crippen LogP contribution in [0.1, 0.15) is 120 Å². The highest BCUT2D eigenvalue weighted by Gasteiger charge is 2.28. The number of carbonyl (C=O) groups excluding carboxylic acids is 2. The first-order chi connectivity index (χ1) is 31.1. The number of hydrogen-bond acceptors (Lipinski definition) is 10. The molecule has 0 radical (unpaired) electrons. The molecule has 0 spiro atoms. The van der Waals surface area contributed by atoms with Crippen LogP contribution in [0.25, 0.3) is 22.3 Å². The number of ether oxygens (including phenoxy) is 4. The van der Waals surface area contributed by atoms with Gasteiger partial charge < -0.3 is 39.4 Å². The van der Waals surface area contributed by atoms with E-state index in [2.05, 4.69) is 13.8 Å². The Balaban J connectivity index is 0.000000317. The van der Waals surface area contributed by atoms with E-state index in [1.54, 1.807) is 84.9 Å². The third kappa shape index (κ3) is 11.1. The van der Waals surface area contributed by atoms with E-state index in [0.717, 1.165) is 95.9 Å². The summed E-state index contributed by atoms with van der Waals surface area (Å²) in [7, 11) is 0. The number of aliphatic hydroxyl groups is 2. The number of fused-ring (bicyclic) bond motifs is 6. The first-order valence-corrected chi connectivity index (χ1v) is 22.2. The predicted molar refractivity (Wildman–Crippen MR) is 247 cm³/mol. The van der Waals surface area contributed by atoms with Crippen molar-refractivity contribution >= 4 is 11.9 Å². The number of benzene rings is 6. The fraction of sp³-hybridized carbons (Fsp3) is 0.296. The van der Waals surface area contributed by atoms with E-state index in [1.807, 2.05) is 36.4 Å². The molecule has 2 aliphatic carbocycles. The molecule has 2 aliphatic rings. The maximum absolute atomic E-state index is 12.9. The van der Waals surface area contributed by atoms with Gasteiger partial charge in [0.15, 0.2) is 0 Å². The Bertz CT molecular complexity index is 2350. The largest absolute Gasteiger partial charge is 0.508 e. The lowest BCUT2D eigenvalue weighted by Crippen LogP contribution is -2.09. The SMILES string of the molecule is CC1c2cc(O)ccc2-c2ccc(O)cc21.CC1c2cc(OC(=O)c3ccc(OCCCCCCO)cc3)ccc2-c2ccc(OC(=O)c3ccc(OCCCCCCO)cc3)cc21. The summed E-state index contributed by atoms with van der Waals surface area (Å²) >= 11 is 0. The number of carbonyl (C=O) groups is 2. The number of unbranched alkanes of at least 4 members (excludes halogenated alkanes) is 6. The zero-order valence-corrected chi connectivity index (χ0v) is 36.4. The number of rotatable bonds is 18. The van der Waals surface area contributed by atoms with Crippen LogP contribution in [0.3, 0.4) is 0 Å². The van der Waals surface area contributed by atoms with E-state index in [1.165, 1.54) is 0 Å². The van der Waals surface area contributed by atoms with Crippen molar-refractivity contribution in [3.05, 3.63) is 155 Å². The quantitative estimate of drug-likeness (QED) is 0.0373. The zero-order chi connectivity index (χ0) is 45.0. The molecule has 10 nitrogen and oxygen atoms in total. The zero-order valence-electron chi connectivity index (χ0n) is 36.4. The molecule has 0 aromatic heterocycles. The molecule has 10 heteroatoms. The Morgan fingerprint density at radius 2 is 0.750 bits per heavy atom. The van der Waals surface area contributed by atoms with Gasteiger partial charge in [0.25, 0.3) is 0 Å². The van der Waals surface area contributed by atoms with Crippen molar-refractivity contribution in [2.24, 2.45) is 0 Å². The molecule has 0 atom stereocenters. The first-order valence-electron chi connectivity index (χ1n) is 22.2. The van der Waals surface area contributed by atoms with Gasteiger partial charge in [-0.1, -0.05) is 51.0 Å². The summed E-state index contributed by atoms with van der Waals surface area (Å²) in [4.78, 5) is 25.8. The molecule has 332 valence electrons. The van der Waals surface area contributed by atoms with Gasteiger partial charge in [-0.15, -0.1) is 0 Å². The predicted octanol–water partition coefficient (Wildman–Crippen LogP) is 11.4. The minimum absolute atomic E-state index is 0.00690. The van der Waals surface area contributed by atoms with Crippen molar-refractivity contribution in [1.29, 1.82) is 0 Å². The summed E-state index contributed by atoms with van der Waals surface area (Å²) in [5.74, 6) is 2.24. The van der Waals surface area contributed by atoms with Crippen LogP contribution in [0.5, 0.6) is 34.5 Å². The summed E-state index contributed by atoms with van der Waals surface area (Å²) in [6.07, 6.45) is 7.43. The minimum atomic E-state index is -0.447. The highest BCUT2D eigenvalue weighted by Crippen LogP contribution is 2.48. The van der Waals surface area contributed by atoms with E-state index in [-0.39, 0.29) is 25.0 Å². The van der Waals surface area contributed by atoms with Crippen LogP contribution in [-0.4, -0.2) is 58.8 Å². The number of aliphatic hydroxyl groups excluding tert-OH is 2. The van der Waals surface area contributed by atoms with E-state index in [9.17, 15) is 19.8 Å². The highest BCUT2D eigenvalue weighted by molar-refractivity contribution is 5.92. The fourth-order valence-electron chi connectivity index (χ4n) is 8.28. The molecule has 0 heterocycles. The van der Waals surface area contributed by atoms with Crippen LogP contribution in [0.4, 0.5) is 0 Å². The van der Waals surface area contributed by atoms with Crippen molar-refractivity contribution in [2.75, 3.05) is 26.4 Å². The molecule has 4 N–H and O–H groups in total. The maximum atomic E-state index is 12.9. The van der Waals surface area contributed by atoms with Crippen molar-refractivity contribution in [3.8, 4) is 56.8 Å². The van der Waals surface area contributed by atoms with Gasteiger partial charge in [0.05, 0.1) is 24.3 Å². The van der Waals surface area contributed by atoms with E-state index < -0.39 is 11.9 Å². The average molecular weight is 865 g/mol. The second-order valence-electron chi connectivity index (χ2n) is 16.3. The molecule has 6 aromatic rings. The van der Waals surface area contributed by atoms with Crippen molar-refractivity contribution < 1.29 is 49.0 Å². The van der Waals surface area contributed by atoms with Crippen molar-refractivity contribution in [3.63, 3.8) is 0 Å². The normalized spacial score (nSPS) is 12.3. The lowest BCUT2D eigenvalue weighted by molar-refractivity contribution is 0.0725. The van der Waals surface area contributed by atoms with Crippen molar-refractivity contribution in [1.82, 2.24) is 0 Å². The van der Waals surface area contributed by atoms with E-state index in [0.29, 0.717) is 58.8 Å². The number of aromatic hydroxyl groups is 2. The molecule has 0 saturated carbocycles. The van der Waals surface area contributed by atoms with Crippen molar-refractivity contribution in [2.45, 2.75) is 77.0 Å². The second kappa shape index (κ2) is 21.6. The summed E-state index contributed by atoms with van der Waals surface area (Å²) in [6, 6.07) is 36.1. The van der Waals surface area contributed by atoms with Gasteiger partial charge in [-0.3, -0.25) is 0 Å². The molecule has 0 fully saturated rings. The molecule has 0 bridgehead atoms. The highest BCUT2D eigenvalue weighted by atomic mass is 16.5. The summed E-state index contributed by atoms with van der Waals surface area (Å²) < 4.78 is 23.0. The van der Waals surface area contributed by atoms with Gasteiger partial charge in [-0.2, -0.15) is 0 Å². The van der Waals surface area contributed by atoms with Gasteiger partial charge in [0.2, 0.25) is 0 Å². The van der Waals surface area contributed by atoms with Crippen LogP contribution < -0.4 is 18.9 Å². The van der Waals surface area contributed by atoms with Crippen LogP contribution >= 0.6 is 0 Å². The molecule has 64 heavy (non-hydrogen) atoms. The Morgan fingerprint density at radius 1 is 0.422 bits per heavy atom. The molecular formula is C54H56O10. The molecule has 6 aromatic carbocycles. The Hall–Kier alpha value is -6.62. The third-order valence-corrected chi connectivity index (χ3v) is 11.8. The van der Waals surface area contributed by atoms with Gasteiger partial charge >= 0.3 is 11.9 Å². The molecule has 0 aliphatic heterocycles. The fourth-order valence-corrected chi connectivity index (χ4v) is 8.28. The third-order valence-electron chi connectivity index (χ3n) is 11.8. The number of esters is 2. The van der Waals surface area contributed by atoms with Gasteiger partial charge in [0.1, 0.15) is 34.5 Å². The Labute approximate surface area is 374 Å². The monoisotopic (exact) mass is 864 g/mol. The lowest BCUT2D eigenvalue weighted by atomic mass is 9.99. The number of hydrogen-bond donors (Lipinski definition) is 4. The number of phenols is 2. The summed E-state index contributed by atoms with van der Waals surface area (Å²) in [5.41, 5.74) is 9.59. The van der Waals surface area contributed by atoms with Gasteiger partial charge in [-0.25, -0.2) is 9.59 Å². The van der Waals surface area contributed by atoms with Crippen LogP contribution in [0.15, 0.2) is 121 Å². The van der Waals surface area contributed by atoms with Crippen LogP contribution in [-0.2, 0) is 0 Å². The smallest absolute Gasteiger partial charge is 0.343 e. The molecule has 0 amide bonds. The first kappa shape index (κ1) is 45.4. The summed E-state index contributed by atoms with van der Waals surface area (Å²) in [6.45, 7) is 5.79. The Morgan fingerprint density at radius 3 is 1.12 bits per heavy atom. The summed E-state index contributed by atoms with van der Waals surface area (Å²) in [5, 5.41) is 36.7. The van der Waals surface area contributed by atoms with Gasteiger partial charge in [-0.05, 0) is 180 Å². The molecule has 8 rings (SSSR count).